The van der Waals surface area contributed by atoms with Crippen LogP contribution in [-0.4, -0.2) is 6.54 Å². The minimum atomic E-state index is 0.886. The molecule has 1 aliphatic rings. The molecular weight excluding hydrogens is 134 g/mol. The highest BCUT2D eigenvalue weighted by Crippen LogP contribution is 2.31. The first-order chi connectivity index (χ1) is 5.33. The van der Waals surface area contributed by atoms with Crippen molar-refractivity contribution in [3.63, 3.8) is 0 Å². The second-order valence-corrected chi connectivity index (χ2v) is 3.36. The van der Waals surface area contributed by atoms with Crippen LogP contribution >= 0.6 is 0 Å². The molecule has 1 aliphatic carbocycles. The Balaban J connectivity index is 0.000000461. The van der Waals surface area contributed by atoms with Gasteiger partial charge in [-0.3, -0.25) is 0 Å². The molecule has 0 aromatic carbocycles. The average molecular weight is 157 g/mol. The lowest BCUT2D eigenvalue weighted by Gasteiger charge is -2.05. The highest BCUT2D eigenvalue weighted by molar-refractivity contribution is 4.72. The van der Waals surface area contributed by atoms with Crippen molar-refractivity contribution in [3.8, 4) is 0 Å². The van der Waals surface area contributed by atoms with Crippen LogP contribution in [0.25, 0.3) is 0 Å². The Morgan fingerprint density at radius 3 is 2.27 bits per heavy atom. The van der Waals surface area contributed by atoms with E-state index < -0.39 is 0 Å². The maximum absolute atomic E-state index is 5.45. The Morgan fingerprint density at radius 1 is 1.27 bits per heavy atom. The van der Waals surface area contributed by atoms with E-state index in [2.05, 4.69) is 6.92 Å². The summed E-state index contributed by atoms with van der Waals surface area (Å²) in [7, 11) is 0. The van der Waals surface area contributed by atoms with E-state index in [1.807, 2.05) is 13.8 Å². The molecule has 68 valence electrons. The predicted octanol–water partition coefficient (Wildman–Crippen LogP) is 2.80. The highest BCUT2D eigenvalue weighted by Gasteiger charge is 2.19. The number of hydrogen-bond donors (Lipinski definition) is 1. The first-order valence-corrected chi connectivity index (χ1v) is 5.03. The summed E-state index contributed by atoms with van der Waals surface area (Å²) in [4.78, 5) is 0. The zero-order valence-electron chi connectivity index (χ0n) is 8.27. The molecule has 1 unspecified atom stereocenters. The van der Waals surface area contributed by atoms with E-state index in [0.717, 1.165) is 18.4 Å². The highest BCUT2D eigenvalue weighted by atomic mass is 14.5. The van der Waals surface area contributed by atoms with Crippen LogP contribution in [0.3, 0.4) is 0 Å². The molecule has 0 aromatic rings. The monoisotopic (exact) mass is 157 g/mol. The molecule has 1 saturated carbocycles. The molecule has 2 N–H and O–H groups in total. The number of nitrogens with two attached hydrogens (primary N) is 1. The molecule has 0 amide bonds. The van der Waals surface area contributed by atoms with Crippen LogP contribution in [0.1, 0.15) is 46.5 Å². The first kappa shape index (κ1) is 11.0. The molecule has 0 spiro atoms. The molecular formula is C10H23N. The summed E-state index contributed by atoms with van der Waals surface area (Å²) < 4.78 is 0. The zero-order valence-corrected chi connectivity index (χ0v) is 8.27. The quantitative estimate of drug-likeness (QED) is 0.655. The predicted molar refractivity (Wildman–Crippen MR) is 51.5 cm³/mol. The SMILES string of the molecule is CC.CC1CC[C@H](CCN)C1. The van der Waals surface area contributed by atoms with Crippen LogP contribution in [0.5, 0.6) is 0 Å². The molecule has 0 bridgehead atoms. The molecule has 0 saturated heterocycles. The van der Waals surface area contributed by atoms with Gasteiger partial charge in [-0.05, 0) is 31.2 Å². The van der Waals surface area contributed by atoms with E-state index in [1.165, 1.54) is 25.7 Å². The van der Waals surface area contributed by atoms with Gasteiger partial charge in [0.05, 0.1) is 0 Å². The fourth-order valence-corrected chi connectivity index (χ4v) is 1.82. The average Bonchev–Trinajstić information content (AvgIpc) is 2.41. The topological polar surface area (TPSA) is 26.0 Å². The van der Waals surface area contributed by atoms with E-state index in [0.29, 0.717) is 0 Å². The summed E-state index contributed by atoms with van der Waals surface area (Å²) in [6.45, 7) is 7.23. The van der Waals surface area contributed by atoms with Gasteiger partial charge in [0.15, 0.2) is 0 Å². The van der Waals surface area contributed by atoms with E-state index >= 15 is 0 Å². The smallest absolute Gasteiger partial charge is 0.00746 e. The van der Waals surface area contributed by atoms with Crippen LogP contribution in [0.15, 0.2) is 0 Å². The van der Waals surface area contributed by atoms with Crippen LogP contribution in [0.4, 0.5) is 0 Å². The lowest BCUT2D eigenvalue weighted by atomic mass is 10.0. The van der Waals surface area contributed by atoms with Crippen molar-refractivity contribution in [3.05, 3.63) is 0 Å². The van der Waals surface area contributed by atoms with Crippen molar-refractivity contribution >= 4 is 0 Å². The van der Waals surface area contributed by atoms with E-state index in [-0.39, 0.29) is 0 Å². The van der Waals surface area contributed by atoms with Gasteiger partial charge >= 0.3 is 0 Å². The molecule has 1 heteroatoms. The lowest BCUT2D eigenvalue weighted by molar-refractivity contribution is 0.486. The fourth-order valence-electron chi connectivity index (χ4n) is 1.82. The largest absolute Gasteiger partial charge is 0.330 e. The Bertz CT molecular complexity index is 78.9. The van der Waals surface area contributed by atoms with Gasteiger partial charge in [-0.15, -0.1) is 0 Å². The first-order valence-electron chi connectivity index (χ1n) is 5.03. The fraction of sp³-hybridized carbons (Fsp3) is 1.00. The summed E-state index contributed by atoms with van der Waals surface area (Å²) in [5, 5.41) is 0. The van der Waals surface area contributed by atoms with Crippen molar-refractivity contribution in [2.75, 3.05) is 6.54 Å². The van der Waals surface area contributed by atoms with Crippen LogP contribution < -0.4 is 5.73 Å². The maximum Gasteiger partial charge on any atom is -0.00746 e. The van der Waals surface area contributed by atoms with E-state index in [4.69, 9.17) is 5.73 Å². The Hall–Kier alpha value is -0.0400. The third-order valence-corrected chi connectivity index (χ3v) is 2.38. The molecule has 11 heavy (non-hydrogen) atoms. The van der Waals surface area contributed by atoms with Gasteiger partial charge in [-0.25, -0.2) is 0 Å². The third-order valence-electron chi connectivity index (χ3n) is 2.38. The summed E-state index contributed by atoms with van der Waals surface area (Å²) in [6, 6.07) is 0. The number of rotatable bonds is 2. The van der Waals surface area contributed by atoms with Gasteiger partial charge in [-0.1, -0.05) is 33.6 Å². The van der Waals surface area contributed by atoms with E-state index in [9.17, 15) is 0 Å². The summed E-state index contributed by atoms with van der Waals surface area (Å²) in [6.07, 6.45) is 5.55. The zero-order chi connectivity index (χ0) is 8.69. The molecule has 0 heterocycles. The summed E-state index contributed by atoms with van der Waals surface area (Å²) in [5.41, 5.74) is 5.45. The second-order valence-electron chi connectivity index (χ2n) is 3.36. The minimum Gasteiger partial charge on any atom is -0.330 e. The van der Waals surface area contributed by atoms with Crippen molar-refractivity contribution in [1.82, 2.24) is 0 Å². The van der Waals surface area contributed by atoms with Crippen LogP contribution in [0, 0.1) is 11.8 Å². The van der Waals surface area contributed by atoms with Gasteiger partial charge in [0.2, 0.25) is 0 Å². The molecule has 1 fully saturated rings. The molecule has 1 rings (SSSR count). The van der Waals surface area contributed by atoms with Gasteiger partial charge in [0, 0.05) is 0 Å². The number of hydrogen-bond acceptors (Lipinski definition) is 1. The van der Waals surface area contributed by atoms with Crippen molar-refractivity contribution in [1.29, 1.82) is 0 Å². The lowest BCUT2D eigenvalue weighted by Crippen LogP contribution is -2.05. The van der Waals surface area contributed by atoms with Gasteiger partial charge in [0.1, 0.15) is 0 Å². The van der Waals surface area contributed by atoms with Gasteiger partial charge < -0.3 is 5.73 Å². The molecule has 0 aliphatic heterocycles. The van der Waals surface area contributed by atoms with Crippen molar-refractivity contribution < 1.29 is 0 Å². The summed E-state index contributed by atoms with van der Waals surface area (Å²) in [5.74, 6) is 1.94. The van der Waals surface area contributed by atoms with Gasteiger partial charge in [-0.2, -0.15) is 0 Å². The molecule has 0 radical (unpaired) electrons. The maximum atomic E-state index is 5.45. The Kier molecular flexibility index (Phi) is 6.63. The van der Waals surface area contributed by atoms with E-state index in [1.54, 1.807) is 0 Å². The standard InChI is InChI=1S/C8H17N.C2H6/c1-7-2-3-8(6-7)4-5-9;1-2/h7-8H,2-6,9H2,1H3;1-2H3/t7?,8-;/m1./s1. The Morgan fingerprint density at radius 2 is 1.91 bits per heavy atom. The molecule has 0 aromatic heterocycles. The van der Waals surface area contributed by atoms with Crippen molar-refractivity contribution in [2.45, 2.75) is 46.5 Å². The Labute approximate surface area is 71.4 Å². The third kappa shape index (κ3) is 4.41. The normalized spacial score (nSPS) is 29.5. The van der Waals surface area contributed by atoms with Crippen molar-refractivity contribution in [2.24, 2.45) is 17.6 Å². The second kappa shape index (κ2) is 6.66. The van der Waals surface area contributed by atoms with Gasteiger partial charge in [0.25, 0.3) is 0 Å². The van der Waals surface area contributed by atoms with Crippen LogP contribution in [-0.2, 0) is 0 Å². The molecule has 1 nitrogen and oxygen atoms in total. The molecule has 2 atom stereocenters. The van der Waals surface area contributed by atoms with Crippen LogP contribution in [0.2, 0.25) is 0 Å². The summed E-state index contributed by atoms with van der Waals surface area (Å²) >= 11 is 0. The minimum absolute atomic E-state index is 0.886.